The Morgan fingerprint density at radius 3 is 2.56 bits per heavy atom. The lowest BCUT2D eigenvalue weighted by Gasteiger charge is -2.24. The van der Waals surface area contributed by atoms with Crippen molar-refractivity contribution in [3.63, 3.8) is 0 Å². The standard InChI is InChI=1S/C29H33F4N3O5S2/c1-40-12-13-41-26-17-24(35-10-11-37)22(30)16-25(26)34-9-3-6-27-21(18-29(31,32)33)20-4-2-5-23(28(20)42-27)36-19-7-14-43(38,39)15-8-19/h2,4-5,16-17,19,34-37H,7-15,18H2,1H3. The number of rotatable bonds is 12. The monoisotopic (exact) mass is 643 g/mol. The molecule has 2 aromatic carbocycles. The Labute approximate surface area is 251 Å². The van der Waals surface area contributed by atoms with Crippen molar-refractivity contribution < 1.29 is 40.6 Å². The molecule has 234 valence electrons. The average molecular weight is 644 g/mol. The van der Waals surface area contributed by atoms with E-state index in [9.17, 15) is 26.0 Å². The molecule has 1 aliphatic heterocycles. The molecule has 8 nitrogen and oxygen atoms in total. The smallest absolute Gasteiger partial charge is 0.393 e. The first-order chi connectivity index (χ1) is 20.5. The van der Waals surface area contributed by atoms with Gasteiger partial charge in [0.05, 0.1) is 64.3 Å². The van der Waals surface area contributed by atoms with E-state index in [1.807, 2.05) is 0 Å². The Hall–Kier alpha value is -3.25. The summed E-state index contributed by atoms with van der Waals surface area (Å²) in [5.74, 6) is 5.58. The Morgan fingerprint density at radius 1 is 1.09 bits per heavy atom. The van der Waals surface area contributed by atoms with Gasteiger partial charge in [-0.2, -0.15) is 13.2 Å². The zero-order chi connectivity index (χ0) is 31.0. The van der Waals surface area contributed by atoms with E-state index in [-0.39, 0.29) is 60.0 Å². The van der Waals surface area contributed by atoms with Crippen LogP contribution in [0.1, 0.15) is 23.3 Å². The number of hydrogen-bond acceptors (Lipinski definition) is 9. The Kier molecular flexibility index (Phi) is 11.0. The van der Waals surface area contributed by atoms with Crippen LogP contribution in [0, 0.1) is 17.7 Å². The molecule has 0 bridgehead atoms. The molecule has 0 aliphatic carbocycles. The van der Waals surface area contributed by atoms with Crippen molar-refractivity contribution in [1.82, 2.24) is 0 Å². The Morgan fingerprint density at radius 2 is 1.86 bits per heavy atom. The molecular formula is C29H33F4N3O5S2. The van der Waals surface area contributed by atoms with Gasteiger partial charge in [-0.3, -0.25) is 0 Å². The molecule has 0 atom stereocenters. The van der Waals surface area contributed by atoms with Crippen molar-refractivity contribution in [3.8, 4) is 17.6 Å². The van der Waals surface area contributed by atoms with Crippen LogP contribution in [0.3, 0.4) is 0 Å². The zero-order valence-electron chi connectivity index (χ0n) is 23.4. The summed E-state index contributed by atoms with van der Waals surface area (Å²) in [5, 5.41) is 18.6. The van der Waals surface area contributed by atoms with Gasteiger partial charge in [-0.25, -0.2) is 12.8 Å². The van der Waals surface area contributed by atoms with Gasteiger partial charge in [-0.15, -0.1) is 11.3 Å². The molecule has 43 heavy (non-hydrogen) atoms. The Bertz CT molecular complexity index is 1570. The van der Waals surface area contributed by atoms with Crippen LogP contribution in [0.2, 0.25) is 0 Å². The molecule has 0 unspecified atom stereocenters. The molecule has 1 aliphatic rings. The Balaban J connectivity index is 1.58. The molecule has 3 aromatic rings. The van der Waals surface area contributed by atoms with Gasteiger partial charge < -0.3 is 30.5 Å². The molecular weight excluding hydrogens is 610 g/mol. The third kappa shape index (κ3) is 9.12. The molecule has 1 aromatic heterocycles. The van der Waals surface area contributed by atoms with Crippen LogP contribution in [-0.4, -0.2) is 77.3 Å². The van der Waals surface area contributed by atoms with E-state index in [0.717, 1.165) is 11.3 Å². The van der Waals surface area contributed by atoms with Crippen molar-refractivity contribution in [3.05, 3.63) is 46.6 Å². The lowest BCUT2D eigenvalue weighted by atomic mass is 10.1. The molecule has 0 radical (unpaired) electrons. The number of thiophene rings is 1. The van der Waals surface area contributed by atoms with Gasteiger partial charge in [0.15, 0.2) is 0 Å². The van der Waals surface area contributed by atoms with Gasteiger partial charge >= 0.3 is 6.18 Å². The van der Waals surface area contributed by atoms with Gasteiger partial charge in [0.25, 0.3) is 0 Å². The summed E-state index contributed by atoms with van der Waals surface area (Å²) in [6.45, 7) is 0.427. The lowest BCUT2D eigenvalue weighted by molar-refractivity contribution is -0.126. The first kappa shape index (κ1) is 32.7. The number of methoxy groups -OCH3 is 1. The molecule has 4 rings (SSSR count). The van der Waals surface area contributed by atoms with E-state index >= 15 is 0 Å². The zero-order valence-corrected chi connectivity index (χ0v) is 25.1. The van der Waals surface area contributed by atoms with Crippen molar-refractivity contribution in [2.45, 2.75) is 31.5 Å². The van der Waals surface area contributed by atoms with Crippen molar-refractivity contribution in [2.24, 2.45) is 0 Å². The maximum atomic E-state index is 14.6. The quantitative estimate of drug-likeness (QED) is 0.124. The minimum Gasteiger partial charge on any atom is -0.489 e. The van der Waals surface area contributed by atoms with Crippen LogP contribution in [0.4, 0.5) is 34.6 Å². The number of fused-ring (bicyclic) bond motifs is 1. The molecule has 0 amide bonds. The van der Waals surface area contributed by atoms with Crippen LogP contribution < -0.4 is 20.7 Å². The minimum atomic E-state index is -4.46. The molecule has 0 spiro atoms. The van der Waals surface area contributed by atoms with Crippen LogP contribution >= 0.6 is 11.3 Å². The van der Waals surface area contributed by atoms with Crippen molar-refractivity contribution >= 4 is 48.3 Å². The molecule has 14 heteroatoms. The average Bonchev–Trinajstić information content (AvgIpc) is 3.29. The first-order valence-corrected chi connectivity index (χ1v) is 16.2. The second kappa shape index (κ2) is 14.5. The number of anilines is 3. The topological polar surface area (TPSA) is 109 Å². The van der Waals surface area contributed by atoms with Crippen LogP contribution in [0.5, 0.6) is 5.75 Å². The number of alkyl halides is 3. The third-order valence-electron chi connectivity index (χ3n) is 6.72. The van der Waals surface area contributed by atoms with Crippen LogP contribution in [0.25, 0.3) is 10.1 Å². The van der Waals surface area contributed by atoms with E-state index in [1.165, 1.54) is 19.2 Å². The summed E-state index contributed by atoms with van der Waals surface area (Å²) in [6.07, 6.45) is -4.76. The van der Waals surface area contributed by atoms with E-state index in [4.69, 9.17) is 14.6 Å². The molecule has 2 heterocycles. The fourth-order valence-corrected chi connectivity index (χ4v) is 7.31. The number of aliphatic hydroxyl groups excluding tert-OH is 1. The SMILES string of the molecule is COCCOc1cc(NCCO)c(F)cc1NCC#Cc1sc2c(NC3CCS(=O)(=O)CC3)cccc2c1CC(F)(F)F. The summed E-state index contributed by atoms with van der Waals surface area (Å²) in [6, 6.07) is 7.63. The number of halogens is 4. The van der Waals surface area contributed by atoms with Crippen LogP contribution in [-0.2, 0) is 21.0 Å². The predicted molar refractivity (Wildman–Crippen MR) is 162 cm³/mol. The van der Waals surface area contributed by atoms with Crippen molar-refractivity contribution in [2.75, 3.05) is 67.5 Å². The molecule has 0 saturated carbocycles. The largest absolute Gasteiger partial charge is 0.489 e. The molecule has 4 N–H and O–H groups in total. The number of hydrogen-bond donors (Lipinski definition) is 4. The van der Waals surface area contributed by atoms with E-state index in [2.05, 4.69) is 27.8 Å². The van der Waals surface area contributed by atoms with E-state index in [1.54, 1.807) is 18.2 Å². The number of aliphatic hydroxyl groups is 1. The molecule has 1 fully saturated rings. The van der Waals surface area contributed by atoms with Crippen molar-refractivity contribution in [1.29, 1.82) is 0 Å². The number of benzene rings is 2. The highest BCUT2D eigenvalue weighted by Gasteiger charge is 2.31. The van der Waals surface area contributed by atoms with Crippen LogP contribution in [0.15, 0.2) is 30.3 Å². The van der Waals surface area contributed by atoms with Gasteiger partial charge in [0.2, 0.25) is 0 Å². The summed E-state index contributed by atoms with van der Waals surface area (Å²) >= 11 is 1.15. The third-order valence-corrected chi connectivity index (χ3v) is 9.63. The number of nitrogens with one attached hydrogen (secondary N) is 3. The summed E-state index contributed by atoms with van der Waals surface area (Å²) in [5.41, 5.74) is 1.15. The highest BCUT2D eigenvalue weighted by Crippen LogP contribution is 2.39. The molecule has 1 saturated heterocycles. The summed E-state index contributed by atoms with van der Waals surface area (Å²) in [4.78, 5) is 0.265. The minimum absolute atomic E-state index is 0.00908. The summed E-state index contributed by atoms with van der Waals surface area (Å²) in [7, 11) is -1.54. The van der Waals surface area contributed by atoms with E-state index in [0.29, 0.717) is 46.7 Å². The second-order valence-corrected chi connectivity index (χ2v) is 13.3. The predicted octanol–water partition coefficient (Wildman–Crippen LogP) is 5.03. The van der Waals surface area contributed by atoms with Gasteiger partial charge in [0.1, 0.15) is 28.0 Å². The summed E-state index contributed by atoms with van der Waals surface area (Å²) < 4.78 is 90.4. The highest BCUT2D eigenvalue weighted by atomic mass is 32.2. The lowest BCUT2D eigenvalue weighted by Crippen LogP contribution is -2.32. The second-order valence-electron chi connectivity index (χ2n) is 9.93. The fourth-order valence-electron chi connectivity index (χ4n) is 4.65. The number of ether oxygens (including phenoxy) is 2. The van der Waals surface area contributed by atoms with E-state index < -0.39 is 28.3 Å². The number of sulfone groups is 1. The normalized spacial score (nSPS) is 15.1. The van der Waals surface area contributed by atoms with Gasteiger partial charge in [0, 0.05) is 31.8 Å². The first-order valence-electron chi connectivity index (χ1n) is 13.6. The maximum Gasteiger partial charge on any atom is 0.393 e. The highest BCUT2D eigenvalue weighted by molar-refractivity contribution is 7.91. The maximum absolute atomic E-state index is 14.6. The fraction of sp³-hybridized carbons (Fsp3) is 0.448. The van der Waals surface area contributed by atoms with Gasteiger partial charge in [-0.05, 0) is 29.9 Å². The van der Waals surface area contributed by atoms with Gasteiger partial charge in [-0.1, -0.05) is 24.0 Å².